The lowest BCUT2D eigenvalue weighted by atomic mass is 9.90. The summed E-state index contributed by atoms with van der Waals surface area (Å²) in [6.45, 7) is 4.00. The first-order valence-corrected chi connectivity index (χ1v) is 7.50. The smallest absolute Gasteiger partial charge is 0.117 e. The molecule has 0 atom stereocenters. The van der Waals surface area contributed by atoms with Gasteiger partial charge < -0.3 is 10.4 Å². The van der Waals surface area contributed by atoms with Crippen LogP contribution in [0.5, 0.6) is 5.75 Å². The Balaban J connectivity index is 0.000000704. The second-order valence-electron chi connectivity index (χ2n) is 4.83. The first kappa shape index (κ1) is 14.4. The third-order valence-corrected chi connectivity index (χ3v) is 3.52. The fraction of sp³-hybridized carbons (Fsp3) is 0.333. The van der Waals surface area contributed by atoms with Gasteiger partial charge in [0.05, 0.1) is 0 Å². The minimum Gasteiger partial charge on any atom is -0.508 e. The lowest BCUT2D eigenvalue weighted by Gasteiger charge is -2.20. The predicted molar refractivity (Wildman–Crippen MR) is 85.8 cm³/mol. The minimum absolute atomic E-state index is 0.296. The Bertz CT molecular complexity index is 563. The van der Waals surface area contributed by atoms with E-state index in [9.17, 15) is 5.11 Å². The van der Waals surface area contributed by atoms with E-state index in [1.165, 1.54) is 36.1 Å². The number of rotatable bonds is 2. The number of aryl methyl sites for hydroxylation is 1. The van der Waals surface area contributed by atoms with E-state index in [4.69, 9.17) is 0 Å². The van der Waals surface area contributed by atoms with Crippen molar-refractivity contribution in [2.24, 2.45) is 0 Å². The number of hydrogen-bond donors (Lipinski definition) is 2. The van der Waals surface area contributed by atoms with Crippen molar-refractivity contribution < 1.29 is 5.11 Å². The number of fused-ring (bicyclic) bond motifs is 1. The van der Waals surface area contributed by atoms with E-state index in [2.05, 4.69) is 23.5 Å². The molecule has 2 aromatic rings. The van der Waals surface area contributed by atoms with Crippen LogP contribution >= 0.6 is 0 Å². The molecule has 3 rings (SSSR count). The highest BCUT2D eigenvalue weighted by Crippen LogP contribution is 2.30. The SMILES string of the molecule is CC.Oc1cccc(Nc2cccc3c2CCCC3)c1. The number of phenolic OH excluding ortho intramolecular Hbond substituents is 1. The summed E-state index contributed by atoms with van der Waals surface area (Å²) in [5, 5.41) is 12.9. The van der Waals surface area contributed by atoms with Gasteiger partial charge in [-0.1, -0.05) is 32.0 Å². The summed E-state index contributed by atoms with van der Waals surface area (Å²) in [6.07, 6.45) is 4.90. The maximum absolute atomic E-state index is 9.49. The molecular formula is C18H23NO. The molecule has 0 bridgehead atoms. The molecule has 0 spiro atoms. The zero-order valence-corrected chi connectivity index (χ0v) is 12.3. The largest absolute Gasteiger partial charge is 0.508 e. The Morgan fingerprint density at radius 3 is 2.50 bits per heavy atom. The molecule has 2 aromatic carbocycles. The second-order valence-corrected chi connectivity index (χ2v) is 4.83. The van der Waals surface area contributed by atoms with E-state index in [-0.39, 0.29) is 0 Å². The van der Waals surface area contributed by atoms with Gasteiger partial charge in [0, 0.05) is 17.4 Å². The molecule has 1 aliphatic carbocycles. The van der Waals surface area contributed by atoms with Gasteiger partial charge in [-0.25, -0.2) is 0 Å². The summed E-state index contributed by atoms with van der Waals surface area (Å²) in [5.74, 6) is 0.296. The van der Waals surface area contributed by atoms with Gasteiger partial charge in [-0.2, -0.15) is 0 Å². The van der Waals surface area contributed by atoms with Gasteiger partial charge in [0.15, 0.2) is 0 Å². The van der Waals surface area contributed by atoms with E-state index in [0.717, 1.165) is 12.1 Å². The van der Waals surface area contributed by atoms with Crippen molar-refractivity contribution in [1.29, 1.82) is 0 Å². The molecule has 0 amide bonds. The van der Waals surface area contributed by atoms with Crippen molar-refractivity contribution >= 4 is 11.4 Å². The van der Waals surface area contributed by atoms with Crippen LogP contribution in [0.25, 0.3) is 0 Å². The second kappa shape index (κ2) is 6.99. The van der Waals surface area contributed by atoms with Crippen LogP contribution in [0.3, 0.4) is 0 Å². The molecule has 0 aromatic heterocycles. The van der Waals surface area contributed by atoms with Gasteiger partial charge in [0.2, 0.25) is 0 Å². The molecule has 2 N–H and O–H groups in total. The lowest BCUT2D eigenvalue weighted by molar-refractivity contribution is 0.475. The van der Waals surface area contributed by atoms with Gasteiger partial charge in [-0.3, -0.25) is 0 Å². The summed E-state index contributed by atoms with van der Waals surface area (Å²) in [7, 11) is 0. The predicted octanol–water partition coefficient (Wildman–Crippen LogP) is 5.04. The molecule has 0 saturated heterocycles. The Morgan fingerprint density at radius 2 is 1.70 bits per heavy atom. The summed E-state index contributed by atoms with van der Waals surface area (Å²) >= 11 is 0. The Labute approximate surface area is 121 Å². The highest BCUT2D eigenvalue weighted by molar-refractivity contribution is 5.66. The summed E-state index contributed by atoms with van der Waals surface area (Å²) < 4.78 is 0. The fourth-order valence-electron chi connectivity index (χ4n) is 2.64. The number of hydrogen-bond acceptors (Lipinski definition) is 2. The minimum atomic E-state index is 0.296. The summed E-state index contributed by atoms with van der Waals surface area (Å²) in [6, 6.07) is 13.7. The van der Waals surface area contributed by atoms with Crippen LogP contribution in [0, 0.1) is 0 Å². The molecule has 0 saturated carbocycles. The monoisotopic (exact) mass is 269 g/mol. The molecule has 0 radical (unpaired) electrons. The molecule has 106 valence electrons. The van der Waals surface area contributed by atoms with Crippen LogP contribution in [-0.4, -0.2) is 5.11 Å². The highest BCUT2D eigenvalue weighted by atomic mass is 16.3. The number of aromatic hydroxyl groups is 1. The van der Waals surface area contributed by atoms with E-state index < -0.39 is 0 Å². The van der Waals surface area contributed by atoms with Crippen LogP contribution in [0.2, 0.25) is 0 Å². The first-order valence-electron chi connectivity index (χ1n) is 7.50. The number of benzene rings is 2. The van der Waals surface area contributed by atoms with Crippen LogP contribution < -0.4 is 5.32 Å². The van der Waals surface area contributed by atoms with Gasteiger partial charge in [0.1, 0.15) is 5.75 Å². The van der Waals surface area contributed by atoms with Crippen LogP contribution in [0.1, 0.15) is 37.8 Å². The molecule has 2 heteroatoms. The van der Waals surface area contributed by atoms with Crippen molar-refractivity contribution in [2.75, 3.05) is 5.32 Å². The molecular weight excluding hydrogens is 246 g/mol. The molecule has 20 heavy (non-hydrogen) atoms. The standard InChI is InChI=1S/C16H17NO.C2H6/c18-14-8-4-7-13(11-14)17-16-10-3-6-12-5-1-2-9-15(12)16;1-2/h3-4,6-8,10-11,17-18H,1-2,5,9H2;1-2H3. The summed E-state index contributed by atoms with van der Waals surface area (Å²) in [5.41, 5.74) is 5.02. The maximum atomic E-state index is 9.49. The van der Waals surface area contributed by atoms with Gasteiger partial charge in [-0.15, -0.1) is 0 Å². The van der Waals surface area contributed by atoms with Crippen molar-refractivity contribution in [3.05, 3.63) is 53.6 Å². The average Bonchev–Trinajstić information content (AvgIpc) is 2.50. The Kier molecular flexibility index (Phi) is 5.05. The molecule has 0 aliphatic heterocycles. The zero-order chi connectivity index (χ0) is 14.4. The Morgan fingerprint density at radius 1 is 0.950 bits per heavy atom. The molecule has 0 heterocycles. The van der Waals surface area contributed by atoms with E-state index in [0.29, 0.717) is 5.75 Å². The zero-order valence-electron chi connectivity index (χ0n) is 12.3. The van der Waals surface area contributed by atoms with E-state index in [1.807, 2.05) is 26.0 Å². The van der Waals surface area contributed by atoms with Gasteiger partial charge in [0.25, 0.3) is 0 Å². The van der Waals surface area contributed by atoms with Crippen molar-refractivity contribution in [3.8, 4) is 5.75 Å². The highest BCUT2D eigenvalue weighted by Gasteiger charge is 2.12. The molecule has 0 unspecified atom stereocenters. The topological polar surface area (TPSA) is 32.3 Å². The summed E-state index contributed by atoms with van der Waals surface area (Å²) in [4.78, 5) is 0. The van der Waals surface area contributed by atoms with Gasteiger partial charge >= 0.3 is 0 Å². The fourth-order valence-corrected chi connectivity index (χ4v) is 2.64. The van der Waals surface area contributed by atoms with Gasteiger partial charge in [-0.05, 0) is 55.0 Å². The van der Waals surface area contributed by atoms with E-state index in [1.54, 1.807) is 12.1 Å². The quantitative estimate of drug-likeness (QED) is 0.800. The number of anilines is 2. The number of nitrogens with one attached hydrogen (secondary N) is 1. The van der Waals surface area contributed by atoms with E-state index >= 15 is 0 Å². The Hall–Kier alpha value is -1.96. The number of phenols is 1. The first-order chi connectivity index (χ1) is 9.83. The molecule has 2 nitrogen and oxygen atoms in total. The average molecular weight is 269 g/mol. The van der Waals surface area contributed by atoms with Crippen LogP contribution in [0.4, 0.5) is 11.4 Å². The maximum Gasteiger partial charge on any atom is 0.117 e. The third kappa shape index (κ3) is 3.32. The van der Waals surface area contributed by atoms with Crippen molar-refractivity contribution in [2.45, 2.75) is 39.5 Å². The van der Waals surface area contributed by atoms with Crippen molar-refractivity contribution in [1.82, 2.24) is 0 Å². The third-order valence-electron chi connectivity index (χ3n) is 3.52. The normalized spacial score (nSPS) is 12.9. The lowest BCUT2D eigenvalue weighted by Crippen LogP contribution is -2.05. The molecule has 1 aliphatic rings. The molecule has 0 fully saturated rings. The van der Waals surface area contributed by atoms with Crippen molar-refractivity contribution in [3.63, 3.8) is 0 Å². The van der Waals surface area contributed by atoms with Crippen LogP contribution in [-0.2, 0) is 12.8 Å². The van der Waals surface area contributed by atoms with Crippen LogP contribution in [0.15, 0.2) is 42.5 Å².